The van der Waals surface area contributed by atoms with Crippen molar-refractivity contribution in [3.63, 3.8) is 0 Å². The van der Waals surface area contributed by atoms with Gasteiger partial charge in [-0.3, -0.25) is 0 Å². The Morgan fingerprint density at radius 2 is 2.12 bits per heavy atom. The first-order valence-electron chi connectivity index (χ1n) is 6.67. The summed E-state index contributed by atoms with van der Waals surface area (Å²) in [6.07, 6.45) is 9.13. The molecule has 1 aromatic rings. The summed E-state index contributed by atoms with van der Waals surface area (Å²) >= 11 is 0. The van der Waals surface area contributed by atoms with Crippen molar-refractivity contribution >= 4 is 0 Å². The second-order valence-corrected chi connectivity index (χ2v) is 5.29. The molecule has 1 aliphatic carbocycles. The minimum atomic E-state index is 0.975. The number of aromatic nitrogens is 1. The monoisotopic (exact) mass is 220 g/mol. The third kappa shape index (κ3) is 3.67. The van der Waals surface area contributed by atoms with E-state index in [4.69, 9.17) is 0 Å². The zero-order chi connectivity index (χ0) is 11.2. The summed E-state index contributed by atoms with van der Waals surface area (Å²) in [5, 5.41) is 3.52. The van der Waals surface area contributed by atoms with E-state index in [9.17, 15) is 0 Å². The molecule has 0 aromatic carbocycles. The quantitative estimate of drug-likeness (QED) is 0.732. The van der Waals surface area contributed by atoms with Crippen LogP contribution in [0.5, 0.6) is 0 Å². The number of hydrogen-bond acceptors (Lipinski definition) is 1. The minimum Gasteiger partial charge on any atom is -0.364 e. The fourth-order valence-corrected chi connectivity index (χ4v) is 2.62. The van der Waals surface area contributed by atoms with Crippen LogP contribution in [-0.2, 0) is 6.54 Å². The van der Waals surface area contributed by atoms with Gasteiger partial charge < -0.3 is 10.3 Å². The van der Waals surface area contributed by atoms with Crippen molar-refractivity contribution in [2.45, 2.75) is 45.6 Å². The van der Waals surface area contributed by atoms with Crippen molar-refractivity contribution in [2.24, 2.45) is 11.8 Å². The summed E-state index contributed by atoms with van der Waals surface area (Å²) in [6, 6.07) is 4.19. The van der Waals surface area contributed by atoms with Gasteiger partial charge >= 0.3 is 0 Å². The van der Waals surface area contributed by atoms with Crippen LogP contribution in [0.3, 0.4) is 0 Å². The van der Waals surface area contributed by atoms with E-state index >= 15 is 0 Å². The van der Waals surface area contributed by atoms with E-state index in [1.807, 2.05) is 6.20 Å². The average molecular weight is 220 g/mol. The lowest BCUT2D eigenvalue weighted by Gasteiger charge is -2.26. The van der Waals surface area contributed by atoms with E-state index < -0.39 is 0 Å². The smallest absolute Gasteiger partial charge is 0.0357 e. The van der Waals surface area contributed by atoms with Crippen molar-refractivity contribution in [1.82, 2.24) is 10.3 Å². The molecule has 1 saturated carbocycles. The summed E-state index contributed by atoms with van der Waals surface area (Å²) < 4.78 is 0. The maximum Gasteiger partial charge on any atom is 0.0357 e. The number of nitrogens with one attached hydrogen (secondary N) is 2. The molecule has 1 aromatic heterocycles. The minimum absolute atomic E-state index is 0.975. The van der Waals surface area contributed by atoms with Crippen LogP contribution < -0.4 is 5.32 Å². The van der Waals surface area contributed by atoms with Gasteiger partial charge in [-0.05, 0) is 36.9 Å². The molecule has 0 unspecified atom stereocenters. The molecule has 0 spiro atoms. The molecule has 1 heterocycles. The number of aromatic amines is 1. The second-order valence-electron chi connectivity index (χ2n) is 5.29. The molecule has 90 valence electrons. The summed E-state index contributed by atoms with van der Waals surface area (Å²) in [7, 11) is 0. The lowest BCUT2D eigenvalue weighted by molar-refractivity contribution is 0.275. The molecular formula is C14H24N2. The van der Waals surface area contributed by atoms with Crippen LogP contribution in [0.1, 0.15) is 44.7 Å². The molecule has 2 rings (SSSR count). The normalized spacial score (nSPS) is 25.8. The van der Waals surface area contributed by atoms with Gasteiger partial charge in [-0.25, -0.2) is 0 Å². The van der Waals surface area contributed by atoms with Gasteiger partial charge in [0.25, 0.3) is 0 Å². The standard InChI is InChI=1S/C14H24N2/c1-12-4-6-13(7-5-12)8-10-15-11-14-3-2-9-16-14/h2-3,9,12-13,15-16H,4-8,10-11H2,1H3. The molecule has 0 radical (unpaired) electrons. The molecule has 0 bridgehead atoms. The molecule has 2 nitrogen and oxygen atoms in total. The first kappa shape index (κ1) is 11.7. The van der Waals surface area contributed by atoms with Gasteiger partial charge in [0.15, 0.2) is 0 Å². The van der Waals surface area contributed by atoms with E-state index in [2.05, 4.69) is 29.4 Å². The van der Waals surface area contributed by atoms with Crippen LogP contribution in [0.4, 0.5) is 0 Å². The second kappa shape index (κ2) is 6.09. The Hall–Kier alpha value is -0.760. The van der Waals surface area contributed by atoms with Gasteiger partial charge in [-0.15, -0.1) is 0 Å². The maximum atomic E-state index is 3.52. The summed E-state index contributed by atoms with van der Waals surface area (Å²) in [4.78, 5) is 3.22. The lowest BCUT2D eigenvalue weighted by Crippen LogP contribution is -2.20. The Kier molecular flexibility index (Phi) is 4.46. The Balaban J connectivity index is 1.55. The number of hydrogen-bond donors (Lipinski definition) is 2. The number of rotatable bonds is 5. The molecule has 16 heavy (non-hydrogen) atoms. The molecule has 2 N–H and O–H groups in total. The molecule has 0 saturated heterocycles. The van der Waals surface area contributed by atoms with Crippen molar-refractivity contribution in [3.05, 3.63) is 24.0 Å². The first-order chi connectivity index (χ1) is 7.84. The third-order valence-corrected chi connectivity index (χ3v) is 3.84. The van der Waals surface area contributed by atoms with Crippen molar-refractivity contribution in [3.8, 4) is 0 Å². The van der Waals surface area contributed by atoms with E-state index in [1.165, 1.54) is 37.8 Å². The predicted molar refractivity (Wildman–Crippen MR) is 68.2 cm³/mol. The van der Waals surface area contributed by atoms with E-state index in [0.717, 1.165) is 24.9 Å². The Morgan fingerprint density at radius 3 is 2.81 bits per heavy atom. The van der Waals surface area contributed by atoms with Gasteiger partial charge in [0.1, 0.15) is 0 Å². The molecule has 2 heteroatoms. The predicted octanol–water partition coefficient (Wildman–Crippen LogP) is 3.32. The van der Waals surface area contributed by atoms with Gasteiger partial charge in [-0.2, -0.15) is 0 Å². The van der Waals surface area contributed by atoms with Crippen molar-refractivity contribution in [2.75, 3.05) is 6.54 Å². The van der Waals surface area contributed by atoms with E-state index in [-0.39, 0.29) is 0 Å². The number of H-pyrrole nitrogens is 1. The van der Waals surface area contributed by atoms with Crippen LogP contribution in [-0.4, -0.2) is 11.5 Å². The topological polar surface area (TPSA) is 27.8 Å². The van der Waals surface area contributed by atoms with E-state index in [0.29, 0.717) is 0 Å². The van der Waals surface area contributed by atoms with E-state index in [1.54, 1.807) is 0 Å². The maximum absolute atomic E-state index is 3.52. The summed E-state index contributed by atoms with van der Waals surface area (Å²) in [5.41, 5.74) is 1.29. The highest BCUT2D eigenvalue weighted by atomic mass is 14.9. The molecule has 0 amide bonds. The van der Waals surface area contributed by atoms with Crippen molar-refractivity contribution in [1.29, 1.82) is 0 Å². The summed E-state index contributed by atoms with van der Waals surface area (Å²) in [5.74, 6) is 1.95. The molecule has 0 aliphatic heterocycles. The molecule has 0 atom stereocenters. The highest BCUT2D eigenvalue weighted by Crippen LogP contribution is 2.29. The Bertz CT molecular complexity index is 271. The van der Waals surface area contributed by atoms with Crippen LogP contribution in [0.2, 0.25) is 0 Å². The molecule has 1 fully saturated rings. The van der Waals surface area contributed by atoms with Gasteiger partial charge in [0.05, 0.1) is 0 Å². The largest absolute Gasteiger partial charge is 0.364 e. The Labute approximate surface area is 98.8 Å². The van der Waals surface area contributed by atoms with Crippen LogP contribution in [0, 0.1) is 11.8 Å². The SMILES string of the molecule is CC1CCC(CCNCc2ccc[nH]2)CC1. The zero-order valence-electron chi connectivity index (χ0n) is 10.3. The van der Waals surface area contributed by atoms with Crippen LogP contribution >= 0.6 is 0 Å². The van der Waals surface area contributed by atoms with Gasteiger partial charge in [-0.1, -0.05) is 32.6 Å². The van der Waals surface area contributed by atoms with Crippen LogP contribution in [0.25, 0.3) is 0 Å². The van der Waals surface area contributed by atoms with Gasteiger partial charge in [0, 0.05) is 18.4 Å². The fourth-order valence-electron chi connectivity index (χ4n) is 2.62. The summed E-state index contributed by atoms with van der Waals surface area (Å²) in [6.45, 7) is 4.54. The van der Waals surface area contributed by atoms with Crippen molar-refractivity contribution < 1.29 is 0 Å². The third-order valence-electron chi connectivity index (χ3n) is 3.84. The van der Waals surface area contributed by atoms with Gasteiger partial charge in [0.2, 0.25) is 0 Å². The highest BCUT2D eigenvalue weighted by molar-refractivity contribution is 5.02. The zero-order valence-corrected chi connectivity index (χ0v) is 10.3. The average Bonchev–Trinajstić information content (AvgIpc) is 2.80. The first-order valence-corrected chi connectivity index (χ1v) is 6.67. The fraction of sp³-hybridized carbons (Fsp3) is 0.714. The lowest BCUT2D eigenvalue weighted by atomic mass is 9.81. The Morgan fingerprint density at radius 1 is 1.31 bits per heavy atom. The highest BCUT2D eigenvalue weighted by Gasteiger charge is 2.17. The molecule has 1 aliphatic rings. The van der Waals surface area contributed by atoms with Crippen LogP contribution in [0.15, 0.2) is 18.3 Å². The molecular weight excluding hydrogens is 196 g/mol.